The number of carbonyl (C=O) groups excluding carboxylic acids is 1. The Morgan fingerprint density at radius 1 is 1.64 bits per heavy atom. The molecule has 2 heterocycles. The third kappa shape index (κ3) is 2.00. The molecule has 0 N–H and O–H groups in total. The molecule has 0 unspecified atom stereocenters. The third-order valence-electron chi connectivity index (χ3n) is 1.63. The lowest BCUT2D eigenvalue weighted by Crippen LogP contribution is -2.10. The zero-order chi connectivity index (χ0) is 9.80. The van der Waals surface area contributed by atoms with Crippen molar-refractivity contribution >= 4 is 17.4 Å². The molecule has 0 aromatic carbocycles. The van der Waals surface area contributed by atoms with Gasteiger partial charge >= 0.3 is 6.09 Å². The van der Waals surface area contributed by atoms with Crippen LogP contribution in [0.5, 0.6) is 0 Å². The second-order valence-corrected chi connectivity index (χ2v) is 3.64. The molecule has 72 valence electrons. The van der Waals surface area contributed by atoms with E-state index in [4.69, 9.17) is 4.74 Å². The summed E-state index contributed by atoms with van der Waals surface area (Å²) in [5, 5.41) is 1.94. The summed E-state index contributed by atoms with van der Waals surface area (Å²) in [5.74, 6) is 0. The predicted octanol–water partition coefficient (Wildman–Crippen LogP) is 2.13. The van der Waals surface area contributed by atoms with Crippen LogP contribution in [0.2, 0.25) is 0 Å². The molecule has 0 atom stereocenters. The van der Waals surface area contributed by atoms with Crippen molar-refractivity contribution in [1.29, 1.82) is 0 Å². The second kappa shape index (κ2) is 4.06. The van der Waals surface area contributed by atoms with E-state index in [1.54, 1.807) is 17.5 Å². The molecule has 0 aliphatic rings. The van der Waals surface area contributed by atoms with Gasteiger partial charge in [0.1, 0.15) is 12.9 Å². The SMILES string of the molecule is O=C(OCc1cccs1)n1ccnc1. The molecule has 2 aromatic heterocycles. The Labute approximate surface area is 84.8 Å². The van der Waals surface area contributed by atoms with Crippen molar-refractivity contribution in [3.05, 3.63) is 41.1 Å². The van der Waals surface area contributed by atoms with Crippen molar-refractivity contribution in [1.82, 2.24) is 9.55 Å². The summed E-state index contributed by atoms with van der Waals surface area (Å²) in [7, 11) is 0. The third-order valence-corrected chi connectivity index (χ3v) is 2.48. The maximum Gasteiger partial charge on any atom is 0.419 e. The van der Waals surface area contributed by atoms with Gasteiger partial charge in [0.2, 0.25) is 0 Å². The highest BCUT2D eigenvalue weighted by Gasteiger charge is 2.04. The number of hydrogen-bond donors (Lipinski definition) is 0. The van der Waals surface area contributed by atoms with Crippen LogP contribution in [0, 0.1) is 0 Å². The smallest absolute Gasteiger partial charge is 0.419 e. The molecule has 0 bridgehead atoms. The maximum absolute atomic E-state index is 11.3. The summed E-state index contributed by atoms with van der Waals surface area (Å²) in [6.07, 6.45) is 4.09. The van der Waals surface area contributed by atoms with Gasteiger partial charge in [-0.3, -0.25) is 0 Å². The van der Waals surface area contributed by atoms with E-state index in [9.17, 15) is 4.79 Å². The average Bonchev–Trinajstić information content (AvgIpc) is 2.87. The zero-order valence-corrected chi connectivity index (χ0v) is 8.11. The number of rotatable bonds is 2. The summed E-state index contributed by atoms with van der Waals surface area (Å²) in [4.78, 5) is 16.1. The first-order valence-corrected chi connectivity index (χ1v) is 4.92. The molecule has 0 saturated heterocycles. The molecule has 0 aliphatic heterocycles. The maximum atomic E-state index is 11.3. The molecule has 0 radical (unpaired) electrons. The Morgan fingerprint density at radius 2 is 2.57 bits per heavy atom. The summed E-state index contributed by atoms with van der Waals surface area (Å²) < 4.78 is 6.32. The molecule has 2 aromatic rings. The number of aromatic nitrogens is 2. The molecule has 0 aliphatic carbocycles. The Hall–Kier alpha value is -1.62. The first-order valence-electron chi connectivity index (χ1n) is 4.04. The van der Waals surface area contributed by atoms with Crippen molar-refractivity contribution in [2.75, 3.05) is 0 Å². The first kappa shape index (κ1) is 8.96. The summed E-state index contributed by atoms with van der Waals surface area (Å²) in [5.41, 5.74) is 0. The van der Waals surface area contributed by atoms with E-state index in [1.165, 1.54) is 17.1 Å². The van der Waals surface area contributed by atoms with E-state index >= 15 is 0 Å². The highest BCUT2D eigenvalue weighted by molar-refractivity contribution is 7.09. The summed E-state index contributed by atoms with van der Waals surface area (Å²) >= 11 is 1.56. The standard InChI is InChI=1S/C9H8N2O2S/c12-9(11-4-3-10-7-11)13-6-8-2-1-5-14-8/h1-5,7H,6H2. The normalized spacial score (nSPS) is 10.0. The van der Waals surface area contributed by atoms with Crippen LogP contribution >= 0.6 is 11.3 Å². The predicted molar refractivity (Wildman–Crippen MR) is 52.1 cm³/mol. The van der Waals surface area contributed by atoms with Crippen LogP contribution in [0.4, 0.5) is 4.79 Å². The lowest BCUT2D eigenvalue weighted by atomic mass is 10.5. The van der Waals surface area contributed by atoms with Crippen LogP contribution in [0.3, 0.4) is 0 Å². The van der Waals surface area contributed by atoms with Gasteiger partial charge in [0.25, 0.3) is 0 Å². The van der Waals surface area contributed by atoms with E-state index in [-0.39, 0.29) is 0 Å². The second-order valence-electron chi connectivity index (χ2n) is 2.60. The molecule has 0 spiro atoms. The van der Waals surface area contributed by atoms with E-state index in [0.717, 1.165) is 4.88 Å². The number of hydrogen-bond acceptors (Lipinski definition) is 4. The number of thiophene rings is 1. The fraction of sp³-hybridized carbons (Fsp3) is 0.111. The Balaban J connectivity index is 1.90. The van der Waals surface area contributed by atoms with Crippen molar-refractivity contribution in [3.63, 3.8) is 0 Å². The van der Waals surface area contributed by atoms with E-state index in [2.05, 4.69) is 4.98 Å². The zero-order valence-electron chi connectivity index (χ0n) is 7.29. The van der Waals surface area contributed by atoms with Crippen molar-refractivity contribution in [3.8, 4) is 0 Å². The minimum atomic E-state index is -0.407. The van der Waals surface area contributed by atoms with Crippen molar-refractivity contribution < 1.29 is 9.53 Å². The summed E-state index contributed by atoms with van der Waals surface area (Å²) in [6.45, 7) is 0.314. The van der Waals surface area contributed by atoms with Crippen molar-refractivity contribution in [2.24, 2.45) is 0 Å². The minimum Gasteiger partial charge on any atom is -0.443 e. The monoisotopic (exact) mass is 208 g/mol. The molecule has 4 nitrogen and oxygen atoms in total. The number of ether oxygens (including phenoxy) is 1. The van der Waals surface area contributed by atoms with Crippen LogP contribution in [-0.2, 0) is 11.3 Å². The van der Waals surface area contributed by atoms with Gasteiger partial charge in [-0.1, -0.05) is 6.07 Å². The molecule has 2 rings (SSSR count). The number of nitrogens with zero attached hydrogens (tertiary/aromatic N) is 2. The van der Waals surface area contributed by atoms with Gasteiger partial charge < -0.3 is 4.74 Å². The molecule has 14 heavy (non-hydrogen) atoms. The van der Waals surface area contributed by atoms with E-state index in [0.29, 0.717) is 6.61 Å². The summed E-state index contributed by atoms with van der Waals surface area (Å²) in [6, 6.07) is 3.84. The molecule has 0 fully saturated rings. The molecule has 0 amide bonds. The Morgan fingerprint density at radius 3 is 3.21 bits per heavy atom. The van der Waals surface area contributed by atoms with Gasteiger partial charge in [0.15, 0.2) is 0 Å². The van der Waals surface area contributed by atoms with Crippen LogP contribution in [0.15, 0.2) is 36.2 Å². The van der Waals surface area contributed by atoms with Gasteiger partial charge in [0.05, 0.1) is 0 Å². The highest BCUT2D eigenvalue weighted by atomic mass is 32.1. The molecule has 5 heteroatoms. The van der Waals surface area contributed by atoms with Gasteiger partial charge in [-0.15, -0.1) is 11.3 Å². The lowest BCUT2D eigenvalue weighted by molar-refractivity contribution is 0.142. The number of carbonyl (C=O) groups is 1. The topological polar surface area (TPSA) is 44.1 Å². The van der Waals surface area contributed by atoms with Crippen LogP contribution in [-0.4, -0.2) is 15.6 Å². The molecular weight excluding hydrogens is 200 g/mol. The van der Waals surface area contributed by atoms with Gasteiger partial charge in [-0.2, -0.15) is 0 Å². The number of imidazole rings is 1. The Bertz CT molecular complexity index is 394. The van der Waals surface area contributed by atoms with E-state index < -0.39 is 6.09 Å². The highest BCUT2D eigenvalue weighted by Crippen LogP contribution is 2.09. The lowest BCUT2D eigenvalue weighted by Gasteiger charge is -2.01. The largest absolute Gasteiger partial charge is 0.443 e. The first-order chi connectivity index (χ1) is 6.86. The van der Waals surface area contributed by atoms with Crippen LogP contribution < -0.4 is 0 Å². The quantitative estimate of drug-likeness (QED) is 0.759. The van der Waals surface area contributed by atoms with Crippen molar-refractivity contribution in [2.45, 2.75) is 6.61 Å². The van der Waals surface area contributed by atoms with Gasteiger partial charge in [-0.05, 0) is 11.4 Å². The molecule has 0 saturated carbocycles. The molecular formula is C9H8N2O2S. The fourth-order valence-electron chi connectivity index (χ4n) is 0.969. The fourth-order valence-corrected chi connectivity index (χ4v) is 1.59. The Kier molecular flexibility index (Phi) is 2.60. The van der Waals surface area contributed by atoms with E-state index in [1.807, 2.05) is 17.5 Å². The van der Waals surface area contributed by atoms with Crippen LogP contribution in [0.1, 0.15) is 4.88 Å². The van der Waals surface area contributed by atoms with Gasteiger partial charge in [-0.25, -0.2) is 14.3 Å². The average molecular weight is 208 g/mol. The minimum absolute atomic E-state index is 0.314. The van der Waals surface area contributed by atoms with Crippen LogP contribution in [0.25, 0.3) is 0 Å². The van der Waals surface area contributed by atoms with Gasteiger partial charge in [0, 0.05) is 17.3 Å².